The Morgan fingerprint density at radius 2 is 1.59 bits per heavy atom. The van der Waals surface area contributed by atoms with Gasteiger partial charge in [-0.1, -0.05) is 42.5 Å². The molecule has 1 heterocycles. The summed E-state index contributed by atoms with van der Waals surface area (Å²) in [5, 5.41) is 13.6. The Morgan fingerprint density at radius 3 is 2.31 bits per heavy atom. The third-order valence-electron chi connectivity index (χ3n) is 7.24. The van der Waals surface area contributed by atoms with E-state index in [2.05, 4.69) is 35.2 Å². The van der Waals surface area contributed by atoms with E-state index in [0.29, 0.717) is 31.5 Å². The molecule has 0 amide bonds. The second-order valence-corrected chi connectivity index (χ2v) is 9.36. The van der Waals surface area contributed by atoms with Crippen LogP contribution in [0.1, 0.15) is 47.1 Å². The monoisotopic (exact) mass is 439 g/mol. The number of likely N-dealkylation sites (tertiary alicyclic amines) is 1. The van der Waals surface area contributed by atoms with Gasteiger partial charge in [0.15, 0.2) is 0 Å². The van der Waals surface area contributed by atoms with Gasteiger partial charge >= 0.3 is 6.18 Å². The first-order chi connectivity index (χ1) is 15.3. The summed E-state index contributed by atoms with van der Waals surface area (Å²) in [4.78, 5) is 2.30. The lowest BCUT2D eigenvalue weighted by Crippen LogP contribution is -2.43. The molecule has 2 nitrogen and oxygen atoms in total. The first-order valence-corrected chi connectivity index (χ1v) is 11.5. The maximum absolute atomic E-state index is 13.1. The van der Waals surface area contributed by atoms with E-state index in [-0.39, 0.29) is 0 Å². The Balaban J connectivity index is 1.21. The number of hydrogen-bond acceptors (Lipinski definition) is 2. The Morgan fingerprint density at radius 1 is 0.875 bits per heavy atom. The van der Waals surface area contributed by atoms with Crippen LogP contribution >= 0.6 is 0 Å². The van der Waals surface area contributed by atoms with Crippen LogP contribution in [-0.4, -0.2) is 29.6 Å². The number of aliphatic hydroxyl groups is 1. The van der Waals surface area contributed by atoms with Gasteiger partial charge in [-0.25, -0.2) is 0 Å². The smallest absolute Gasteiger partial charge is 0.385 e. The Bertz CT molecular complexity index is 1130. The average Bonchev–Trinajstić information content (AvgIpc) is 3.24. The number of halogens is 3. The maximum atomic E-state index is 13.1. The van der Waals surface area contributed by atoms with Crippen LogP contribution in [0.3, 0.4) is 0 Å². The summed E-state index contributed by atoms with van der Waals surface area (Å²) in [7, 11) is 0. The fraction of sp³-hybridized carbons (Fsp3) is 0.407. The van der Waals surface area contributed by atoms with E-state index in [1.54, 1.807) is 6.07 Å². The van der Waals surface area contributed by atoms with Gasteiger partial charge in [-0.3, -0.25) is 0 Å². The summed E-state index contributed by atoms with van der Waals surface area (Å²) in [5.41, 5.74) is 2.75. The van der Waals surface area contributed by atoms with Gasteiger partial charge in [-0.15, -0.1) is 0 Å². The Hall–Kier alpha value is -2.37. The number of alkyl halides is 3. The van der Waals surface area contributed by atoms with Gasteiger partial charge < -0.3 is 10.0 Å². The molecule has 5 heteroatoms. The Labute approximate surface area is 186 Å². The van der Waals surface area contributed by atoms with E-state index in [9.17, 15) is 18.3 Å². The summed E-state index contributed by atoms with van der Waals surface area (Å²) >= 11 is 0. The zero-order chi connectivity index (χ0) is 22.3. The van der Waals surface area contributed by atoms with Gasteiger partial charge in [0.25, 0.3) is 0 Å². The van der Waals surface area contributed by atoms with Crippen molar-refractivity contribution in [2.24, 2.45) is 0 Å². The summed E-state index contributed by atoms with van der Waals surface area (Å²) in [6.45, 7) is 2.23. The molecule has 0 atom stereocenters. The molecule has 0 bridgehead atoms. The molecule has 3 aromatic carbocycles. The molecule has 5 rings (SSSR count). The van der Waals surface area contributed by atoms with Crippen LogP contribution in [0, 0.1) is 0 Å². The lowest BCUT2D eigenvalue weighted by molar-refractivity contribution is -0.137. The minimum absolute atomic E-state index is 0.369. The molecule has 1 aliphatic carbocycles. The van der Waals surface area contributed by atoms with E-state index >= 15 is 0 Å². The predicted octanol–water partition coefficient (Wildman–Crippen LogP) is 5.87. The first kappa shape index (κ1) is 21.5. The lowest BCUT2D eigenvalue weighted by Gasteiger charge is -2.38. The molecule has 32 heavy (non-hydrogen) atoms. The molecule has 0 radical (unpaired) electrons. The zero-order valence-electron chi connectivity index (χ0n) is 18.1. The van der Waals surface area contributed by atoms with Gasteiger partial charge in [0.2, 0.25) is 0 Å². The van der Waals surface area contributed by atoms with Crippen LogP contribution in [0.4, 0.5) is 13.2 Å². The van der Waals surface area contributed by atoms with Crippen molar-refractivity contribution in [2.45, 2.75) is 50.3 Å². The van der Waals surface area contributed by atoms with Gasteiger partial charge in [-0.2, -0.15) is 13.2 Å². The van der Waals surface area contributed by atoms with Crippen molar-refractivity contribution >= 4 is 10.8 Å². The van der Waals surface area contributed by atoms with Crippen molar-refractivity contribution < 1.29 is 18.3 Å². The minimum atomic E-state index is -4.40. The van der Waals surface area contributed by atoms with Crippen LogP contribution < -0.4 is 0 Å². The van der Waals surface area contributed by atoms with Crippen molar-refractivity contribution in [3.8, 4) is 0 Å². The second kappa shape index (κ2) is 8.20. The van der Waals surface area contributed by atoms with E-state index < -0.39 is 17.3 Å². The van der Waals surface area contributed by atoms with Gasteiger partial charge in [-0.05, 0) is 83.7 Å². The summed E-state index contributed by atoms with van der Waals surface area (Å²) in [6.07, 6.45) is 1.03. The molecule has 1 fully saturated rings. The molecule has 0 spiro atoms. The van der Waals surface area contributed by atoms with E-state index in [0.717, 1.165) is 25.1 Å². The maximum Gasteiger partial charge on any atom is 0.416 e. The molecular formula is C27H28F3NO. The molecule has 0 saturated carbocycles. The third kappa shape index (κ3) is 4.28. The summed E-state index contributed by atoms with van der Waals surface area (Å²) in [6, 6.07) is 16.5. The zero-order valence-corrected chi connectivity index (χ0v) is 18.1. The largest absolute Gasteiger partial charge is 0.416 e. The topological polar surface area (TPSA) is 23.5 Å². The van der Waals surface area contributed by atoms with Crippen molar-refractivity contribution in [1.29, 1.82) is 0 Å². The minimum Gasteiger partial charge on any atom is -0.385 e. The number of fused-ring (bicyclic) bond motifs is 2. The molecule has 1 aliphatic heterocycles. The number of rotatable bonds is 4. The molecule has 1 N–H and O–H groups in total. The molecule has 1 saturated heterocycles. The van der Waals surface area contributed by atoms with Gasteiger partial charge in [0.1, 0.15) is 0 Å². The quantitative estimate of drug-likeness (QED) is 0.549. The number of piperidine rings is 1. The highest BCUT2D eigenvalue weighted by atomic mass is 19.4. The van der Waals surface area contributed by atoms with Crippen LogP contribution in [0.5, 0.6) is 0 Å². The molecule has 168 valence electrons. The number of hydrogen-bond donors (Lipinski definition) is 1. The predicted molar refractivity (Wildman–Crippen MR) is 121 cm³/mol. The fourth-order valence-corrected chi connectivity index (χ4v) is 5.24. The third-order valence-corrected chi connectivity index (χ3v) is 7.24. The second-order valence-electron chi connectivity index (χ2n) is 9.36. The highest BCUT2D eigenvalue weighted by Crippen LogP contribution is 2.37. The standard InChI is InChI=1S/C27H28F3NO/c28-27(29,30)25-6-2-5-24(18-25)26(32)10-13-31(14-11-26)12-9-19-7-8-22-16-20-3-1-4-21(20)17-23(22)15-19/h2,5-8,15-18,32H,1,3-4,9-14H2. The van der Waals surface area contributed by atoms with Crippen LogP contribution in [0.15, 0.2) is 54.6 Å². The van der Waals surface area contributed by atoms with Crippen molar-refractivity contribution in [2.75, 3.05) is 19.6 Å². The van der Waals surface area contributed by atoms with Crippen LogP contribution in [0.25, 0.3) is 10.8 Å². The molecular weight excluding hydrogens is 411 g/mol. The van der Waals surface area contributed by atoms with Crippen LogP contribution in [0.2, 0.25) is 0 Å². The number of nitrogens with zero attached hydrogens (tertiary/aromatic N) is 1. The number of benzene rings is 3. The highest BCUT2D eigenvalue weighted by molar-refractivity contribution is 5.85. The summed E-state index contributed by atoms with van der Waals surface area (Å²) in [5.74, 6) is 0. The van der Waals surface area contributed by atoms with Crippen LogP contribution in [-0.2, 0) is 31.0 Å². The molecule has 0 unspecified atom stereocenters. The normalized spacial score (nSPS) is 18.8. The van der Waals surface area contributed by atoms with Crippen molar-refractivity contribution in [3.05, 3.63) is 82.4 Å². The van der Waals surface area contributed by atoms with E-state index in [1.165, 1.54) is 52.8 Å². The van der Waals surface area contributed by atoms with Gasteiger partial charge in [0, 0.05) is 19.6 Å². The van der Waals surface area contributed by atoms with Crippen molar-refractivity contribution in [3.63, 3.8) is 0 Å². The average molecular weight is 440 g/mol. The lowest BCUT2D eigenvalue weighted by atomic mass is 9.83. The Kier molecular flexibility index (Phi) is 5.50. The fourth-order valence-electron chi connectivity index (χ4n) is 5.24. The molecule has 2 aliphatic rings. The first-order valence-electron chi connectivity index (χ1n) is 11.5. The SMILES string of the molecule is OC1(c2cccc(C(F)(F)F)c2)CCN(CCc2ccc3cc4c(cc3c2)CCC4)CC1. The van der Waals surface area contributed by atoms with Crippen molar-refractivity contribution in [1.82, 2.24) is 4.90 Å². The van der Waals surface area contributed by atoms with Gasteiger partial charge in [0.05, 0.1) is 11.2 Å². The molecule has 0 aromatic heterocycles. The van der Waals surface area contributed by atoms with E-state index in [4.69, 9.17) is 0 Å². The number of aryl methyl sites for hydroxylation is 2. The van der Waals surface area contributed by atoms with E-state index in [1.807, 2.05) is 0 Å². The summed E-state index contributed by atoms with van der Waals surface area (Å²) < 4.78 is 39.2. The highest BCUT2D eigenvalue weighted by Gasteiger charge is 2.36. The molecule has 3 aromatic rings.